The monoisotopic (exact) mass is 213 g/mol. The number of hydrogen-bond acceptors (Lipinski definition) is 4. The van der Waals surface area contributed by atoms with E-state index in [-0.39, 0.29) is 23.8 Å². The number of aromatic hydroxyl groups is 1. The van der Waals surface area contributed by atoms with Crippen molar-refractivity contribution in [3.8, 4) is 5.75 Å². The second-order valence-electron chi connectivity index (χ2n) is 2.71. The summed E-state index contributed by atoms with van der Waals surface area (Å²) >= 11 is 0. The summed E-state index contributed by atoms with van der Waals surface area (Å²) in [5.74, 6) is 0.0559. The van der Waals surface area contributed by atoms with Gasteiger partial charge in [-0.1, -0.05) is 0 Å². The molecule has 0 bridgehead atoms. The van der Waals surface area contributed by atoms with Crippen molar-refractivity contribution in [3.05, 3.63) is 34.7 Å². The number of phenols is 1. The molecule has 0 spiro atoms. The van der Waals surface area contributed by atoms with Crippen LogP contribution in [0.2, 0.25) is 0 Å². The number of benzene rings is 1. The van der Waals surface area contributed by atoms with Crippen LogP contribution in [0, 0.1) is 0 Å². The zero-order valence-electron chi connectivity index (χ0n) is 7.06. The lowest BCUT2D eigenvalue weighted by molar-refractivity contribution is 0.473. The van der Waals surface area contributed by atoms with Crippen LogP contribution in [0.15, 0.2) is 33.5 Å². The molecule has 0 fully saturated rings. The zero-order chi connectivity index (χ0) is 9.42. The van der Waals surface area contributed by atoms with Crippen LogP contribution in [0.4, 0.5) is 5.69 Å². The van der Waals surface area contributed by atoms with Gasteiger partial charge in [0.15, 0.2) is 0 Å². The molecule has 2 rings (SSSR count). The van der Waals surface area contributed by atoms with Gasteiger partial charge in [-0.05, 0) is 18.2 Å². The molecule has 1 aromatic carbocycles. The Morgan fingerprint density at radius 2 is 2.00 bits per heavy atom. The minimum absolute atomic E-state index is 0. The Bertz CT molecular complexity index is 521. The molecule has 0 aliphatic carbocycles. The van der Waals surface area contributed by atoms with Gasteiger partial charge in [0.25, 0.3) is 0 Å². The lowest BCUT2D eigenvalue weighted by Crippen LogP contribution is -2.05. The third kappa shape index (κ3) is 1.65. The molecular weight excluding hydrogens is 206 g/mol. The van der Waals surface area contributed by atoms with Gasteiger partial charge in [-0.2, -0.15) is 0 Å². The molecule has 0 radical (unpaired) electrons. The standard InChI is InChI=1S/C9H7NO3.ClH/c10-7-3-5-1-2-6(11)4-8(5)13-9(7)12;/h1-4,11H,10H2;1H. The van der Waals surface area contributed by atoms with E-state index in [1.807, 2.05) is 0 Å². The summed E-state index contributed by atoms with van der Waals surface area (Å²) in [5.41, 5.74) is 5.17. The molecular formula is C9H8ClNO3. The highest BCUT2D eigenvalue weighted by molar-refractivity contribution is 5.85. The maximum Gasteiger partial charge on any atom is 0.359 e. The number of halogens is 1. The van der Waals surface area contributed by atoms with Gasteiger partial charge >= 0.3 is 5.63 Å². The van der Waals surface area contributed by atoms with Crippen LogP contribution in [0.25, 0.3) is 11.0 Å². The van der Waals surface area contributed by atoms with Crippen LogP contribution in [0.5, 0.6) is 5.75 Å². The highest BCUT2D eigenvalue weighted by atomic mass is 35.5. The van der Waals surface area contributed by atoms with Crippen molar-refractivity contribution >= 4 is 29.1 Å². The van der Waals surface area contributed by atoms with E-state index in [2.05, 4.69) is 0 Å². The van der Waals surface area contributed by atoms with Crippen LogP contribution in [-0.2, 0) is 0 Å². The SMILES string of the molecule is Cl.Nc1cc2ccc(O)cc2oc1=O. The zero-order valence-corrected chi connectivity index (χ0v) is 7.88. The summed E-state index contributed by atoms with van der Waals surface area (Å²) < 4.78 is 4.83. The number of nitrogens with two attached hydrogens (primary N) is 1. The van der Waals surface area contributed by atoms with Gasteiger partial charge in [-0.25, -0.2) is 4.79 Å². The highest BCUT2D eigenvalue weighted by Gasteiger charge is 2.01. The molecule has 0 unspecified atom stereocenters. The predicted octanol–water partition coefficient (Wildman–Crippen LogP) is 1.50. The smallest absolute Gasteiger partial charge is 0.359 e. The fraction of sp³-hybridized carbons (Fsp3) is 0. The number of fused-ring (bicyclic) bond motifs is 1. The Kier molecular flexibility index (Phi) is 2.67. The molecule has 0 saturated heterocycles. The van der Waals surface area contributed by atoms with Gasteiger partial charge in [-0.15, -0.1) is 12.4 Å². The quantitative estimate of drug-likeness (QED) is 0.651. The van der Waals surface area contributed by atoms with Crippen molar-refractivity contribution in [2.75, 3.05) is 5.73 Å². The minimum Gasteiger partial charge on any atom is -0.508 e. The number of hydrogen-bond donors (Lipinski definition) is 2. The van der Waals surface area contributed by atoms with Gasteiger partial charge in [0, 0.05) is 11.5 Å². The summed E-state index contributed by atoms with van der Waals surface area (Å²) in [7, 11) is 0. The third-order valence-corrected chi connectivity index (χ3v) is 1.75. The Labute approximate surface area is 85.4 Å². The Balaban J connectivity index is 0.000000980. The fourth-order valence-electron chi connectivity index (χ4n) is 1.12. The first-order chi connectivity index (χ1) is 6.16. The van der Waals surface area contributed by atoms with Gasteiger partial charge in [0.2, 0.25) is 0 Å². The van der Waals surface area contributed by atoms with Crippen molar-refractivity contribution in [2.45, 2.75) is 0 Å². The molecule has 3 N–H and O–H groups in total. The summed E-state index contributed by atoms with van der Waals surface area (Å²) in [5, 5.41) is 9.79. The number of phenolic OH excluding ortho intramolecular Hbond substituents is 1. The minimum atomic E-state index is -0.585. The Hall–Kier alpha value is -1.68. The molecule has 0 aliphatic heterocycles. The largest absolute Gasteiger partial charge is 0.508 e. The first-order valence-electron chi connectivity index (χ1n) is 3.69. The van der Waals surface area contributed by atoms with Gasteiger partial charge in [0.1, 0.15) is 17.0 Å². The molecule has 0 atom stereocenters. The Morgan fingerprint density at radius 3 is 2.71 bits per heavy atom. The molecule has 0 aliphatic rings. The van der Waals surface area contributed by atoms with E-state index in [0.717, 1.165) is 0 Å². The molecule has 14 heavy (non-hydrogen) atoms. The lowest BCUT2D eigenvalue weighted by atomic mass is 10.2. The summed E-state index contributed by atoms with van der Waals surface area (Å²) in [6.07, 6.45) is 0. The Morgan fingerprint density at radius 1 is 1.29 bits per heavy atom. The van der Waals surface area contributed by atoms with E-state index in [1.165, 1.54) is 18.2 Å². The van der Waals surface area contributed by atoms with Crippen molar-refractivity contribution in [3.63, 3.8) is 0 Å². The number of rotatable bonds is 0. The molecule has 0 amide bonds. The lowest BCUT2D eigenvalue weighted by Gasteiger charge is -1.97. The topological polar surface area (TPSA) is 76.5 Å². The van der Waals surface area contributed by atoms with Gasteiger partial charge in [-0.3, -0.25) is 0 Å². The molecule has 1 aromatic heterocycles. The maximum atomic E-state index is 11.0. The van der Waals surface area contributed by atoms with Crippen LogP contribution < -0.4 is 11.4 Å². The summed E-state index contributed by atoms with van der Waals surface area (Å²) in [4.78, 5) is 11.0. The van der Waals surface area contributed by atoms with Gasteiger partial charge in [0.05, 0.1) is 0 Å². The first-order valence-corrected chi connectivity index (χ1v) is 3.69. The van der Waals surface area contributed by atoms with E-state index in [4.69, 9.17) is 15.3 Å². The fourth-order valence-corrected chi connectivity index (χ4v) is 1.12. The first kappa shape index (κ1) is 10.4. The molecule has 74 valence electrons. The number of nitrogen functional groups attached to an aromatic ring is 1. The molecule has 5 heteroatoms. The second kappa shape index (κ2) is 3.59. The van der Waals surface area contributed by atoms with Crippen LogP contribution in [0.1, 0.15) is 0 Å². The normalized spacial score (nSPS) is 9.71. The number of anilines is 1. The van der Waals surface area contributed by atoms with Crippen LogP contribution in [0.3, 0.4) is 0 Å². The summed E-state index contributed by atoms with van der Waals surface area (Å²) in [6, 6.07) is 6.02. The summed E-state index contributed by atoms with van der Waals surface area (Å²) in [6.45, 7) is 0. The van der Waals surface area contributed by atoms with Crippen molar-refractivity contribution in [1.29, 1.82) is 0 Å². The van der Waals surface area contributed by atoms with E-state index in [9.17, 15) is 4.79 Å². The molecule has 1 heterocycles. The van der Waals surface area contributed by atoms with E-state index in [0.29, 0.717) is 11.0 Å². The van der Waals surface area contributed by atoms with Crippen molar-refractivity contribution < 1.29 is 9.52 Å². The van der Waals surface area contributed by atoms with E-state index < -0.39 is 5.63 Å². The van der Waals surface area contributed by atoms with Crippen molar-refractivity contribution in [1.82, 2.24) is 0 Å². The molecule has 4 nitrogen and oxygen atoms in total. The van der Waals surface area contributed by atoms with Crippen LogP contribution >= 0.6 is 12.4 Å². The predicted molar refractivity (Wildman–Crippen MR) is 55.8 cm³/mol. The molecule has 2 aromatic rings. The van der Waals surface area contributed by atoms with Crippen molar-refractivity contribution in [2.24, 2.45) is 0 Å². The average Bonchev–Trinajstić information content (AvgIpc) is 2.08. The maximum absolute atomic E-state index is 11.0. The van der Waals surface area contributed by atoms with Gasteiger partial charge < -0.3 is 15.3 Å². The van der Waals surface area contributed by atoms with E-state index >= 15 is 0 Å². The second-order valence-corrected chi connectivity index (χ2v) is 2.71. The molecule has 0 saturated carbocycles. The van der Waals surface area contributed by atoms with Crippen LogP contribution in [-0.4, -0.2) is 5.11 Å². The average molecular weight is 214 g/mol. The van der Waals surface area contributed by atoms with E-state index in [1.54, 1.807) is 6.07 Å². The third-order valence-electron chi connectivity index (χ3n) is 1.75. The highest BCUT2D eigenvalue weighted by Crippen LogP contribution is 2.19.